The van der Waals surface area contributed by atoms with Crippen molar-refractivity contribution in [2.45, 2.75) is 19.9 Å². The van der Waals surface area contributed by atoms with E-state index in [1.165, 1.54) is 0 Å². The minimum atomic E-state index is 0.375. The number of rotatable bonds is 9. The number of aromatic nitrogens is 2. The molecule has 2 rings (SSSR count). The Hall–Kier alpha value is -2.20. The van der Waals surface area contributed by atoms with E-state index in [1.807, 2.05) is 36.4 Å². The van der Waals surface area contributed by atoms with E-state index in [0.29, 0.717) is 12.0 Å². The molecule has 0 amide bonds. The SMILES string of the molecule is C=CCN(CC=C)C(CNc1ncnc2ccccc12)C(C)C. The molecule has 4 nitrogen and oxygen atoms in total. The Balaban J connectivity index is 2.17. The van der Waals surface area contributed by atoms with E-state index < -0.39 is 0 Å². The van der Waals surface area contributed by atoms with Crippen molar-refractivity contribution in [1.82, 2.24) is 14.9 Å². The molecule has 0 bridgehead atoms. The van der Waals surface area contributed by atoms with Gasteiger partial charge in [0, 0.05) is 31.1 Å². The van der Waals surface area contributed by atoms with Crippen molar-refractivity contribution < 1.29 is 0 Å². The second-order valence-electron chi connectivity index (χ2n) is 5.96. The third-order valence-electron chi connectivity index (χ3n) is 3.99. The lowest BCUT2D eigenvalue weighted by molar-refractivity contribution is 0.199. The monoisotopic (exact) mass is 310 g/mol. The second kappa shape index (κ2) is 8.44. The molecule has 0 spiro atoms. The summed E-state index contributed by atoms with van der Waals surface area (Å²) in [7, 11) is 0. The van der Waals surface area contributed by atoms with Gasteiger partial charge in [0.2, 0.25) is 0 Å². The summed E-state index contributed by atoms with van der Waals surface area (Å²) in [6, 6.07) is 8.43. The number of nitrogens with one attached hydrogen (secondary N) is 1. The van der Waals surface area contributed by atoms with Gasteiger partial charge in [0.1, 0.15) is 12.1 Å². The highest BCUT2D eigenvalue weighted by atomic mass is 15.2. The molecule has 4 heteroatoms. The zero-order valence-electron chi connectivity index (χ0n) is 14.1. The molecule has 0 aliphatic rings. The third kappa shape index (κ3) is 4.39. The first-order valence-electron chi connectivity index (χ1n) is 8.06. The molecule has 0 aliphatic carbocycles. The van der Waals surface area contributed by atoms with Crippen LogP contribution < -0.4 is 5.32 Å². The average molecular weight is 310 g/mol. The molecule has 0 fully saturated rings. The number of nitrogens with zero attached hydrogens (tertiary/aromatic N) is 3. The lowest BCUT2D eigenvalue weighted by Gasteiger charge is -2.33. The quantitative estimate of drug-likeness (QED) is 0.716. The summed E-state index contributed by atoms with van der Waals surface area (Å²) in [6.45, 7) is 14.7. The first-order chi connectivity index (χ1) is 11.2. The van der Waals surface area contributed by atoms with Gasteiger partial charge >= 0.3 is 0 Å². The van der Waals surface area contributed by atoms with Gasteiger partial charge in [-0.1, -0.05) is 38.1 Å². The van der Waals surface area contributed by atoms with Crippen LogP contribution in [0.3, 0.4) is 0 Å². The van der Waals surface area contributed by atoms with Crippen LogP contribution in [0.15, 0.2) is 55.9 Å². The molecule has 1 N–H and O–H groups in total. The highest BCUT2D eigenvalue weighted by Crippen LogP contribution is 2.19. The number of benzene rings is 1. The predicted molar refractivity (Wildman–Crippen MR) is 98.6 cm³/mol. The van der Waals surface area contributed by atoms with Crippen molar-refractivity contribution >= 4 is 16.7 Å². The van der Waals surface area contributed by atoms with Crippen LogP contribution in [0.1, 0.15) is 13.8 Å². The van der Waals surface area contributed by atoms with E-state index in [1.54, 1.807) is 6.33 Å². The standard InChI is InChI=1S/C19H26N4/c1-5-11-23(12-6-2)18(15(3)4)13-20-19-16-9-7-8-10-17(16)21-14-22-19/h5-10,14-15,18H,1-2,11-13H2,3-4H3,(H,20,21,22). The molecule has 0 saturated carbocycles. The Labute approximate surface area is 138 Å². The Morgan fingerprint density at radius 1 is 1.13 bits per heavy atom. The zero-order valence-corrected chi connectivity index (χ0v) is 14.1. The van der Waals surface area contributed by atoms with Crippen molar-refractivity contribution in [3.05, 3.63) is 55.9 Å². The van der Waals surface area contributed by atoms with Crippen molar-refractivity contribution in [1.29, 1.82) is 0 Å². The Kier molecular flexibility index (Phi) is 6.29. The van der Waals surface area contributed by atoms with Gasteiger partial charge in [-0.25, -0.2) is 9.97 Å². The summed E-state index contributed by atoms with van der Waals surface area (Å²) in [5.74, 6) is 1.40. The van der Waals surface area contributed by atoms with E-state index in [2.05, 4.69) is 47.2 Å². The fraction of sp³-hybridized carbons (Fsp3) is 0.368. The van der Waals surface area contributed by atoms with Gasteiger partial charge in [0.15, 0.2) is 0 Å². The van der Waals surface area contributed by atoms with Crippen LogP contribution in [0.25, 0.3) is 10.9 Å². The van der Waals surface area contributed by atoms with Crippen molar-refractivity contribution in [3.63, 3.8) is 0 Å². The van der Waals surface area contributed by atoms with E-state index in [-0.39, 0.29) is 0 Å². The molecule has 122 valence electrons. The summed E-state index contributed by atoms with van der Waals surface area (Å²) >= 11 is 0. The molecule has 0 radical (unpaired) electrons. The average Bonchev–Trinajstić information content (AvgIpc) is 2.55. The van der Waals surface area contributed by atoms with Gasteiger partial charge in [-0.3, -0.25) is 4.90 Å². The summed E-state index contributed by atoms with van der Waals surface area (Å²) in [4.78, 5) is 11.1. The lowest BCUT2D eigenvalue weighted by Crippen LogP contribution is -2.44. The van der Waals surface area contributed by atoms with Gasteiger partial charge in [0.05, 0.1) is 5.52 Å². The second-order valence-corrected chi connectivity index (χ2v) is 5.96. The molecule has 1 heterocycles. The van der Waals surface area contributed by atoms with Crippen LogP contribution in [0, 0.1) is 5.92 Å². The Morgan fingerprint density at radius 3 is 2.48 bits per heavy atom. The Morgan fingerprint density at radius 2 is 1.83 bits per heavy atom. The van der Waals surface area contributed by atoms with Gasteiger partial charge in [0.25, 0.3) is 0 Å². The lowest BCUT2D eigenvalue weighted by atomic mass is 10.0. The fourth-order valence-corrected chi connectivity index (χ4v) is 2.81. The van der Waals surface area contributed by atoms with Gasteiger partial charge in [-0.2, -0.15) is 0 Å². The topological polar surface area (TPSA) is 41.0 Å². The first-order valence-corrected chi connectivity index (χ1v) is 8.06. The molecule has 2 aromatic rings. The van der Waals surface area contributed by atoms with Crippen LogP contribution in [-0.2, 0) is 0 Å². The smallest absolute Gasteiger partial charge is 0.137 e. The molecule has 1 aromatic carbocycles. The van der Waals surface area contributed by atoms with Crippen LogP contribution in [0.4, 0.5) is 5.82 Å². The Bertz CT molecular complexity index is 635. The summed E-state index contributed by atoms with van der Waals surface area (Å²) in [5.41, 5.74) is 0.958. The molecular formula is C19H26N4. The maximum atomic E-state index is 4.41. The van der Waals surface area contributed by atoms with E-state index in [9.17, 15) is 0 Å². The van der Waals surface area contributed by atoms with Crippen molar-refractivity contribution in [2.24, 2.45) is 5.92 Å². The molecule has 1 aromatic heterocycles. The third-order valence-corrected chi connectivity index (χ3v) is 3.99. The summed E-state index contributed by atoms with van der Waals surface area (Å²) in [5, 5.41) is 4.56. The highest BCUT2D eigenvalue weighted by Gasteiger charge is 2.20. The molecule has 1 atom stereocenters. The summed E-state index contributed by atoms with van der Waals surface area (Å²) in [6.07, 6.45) is 5.50. The van der Waals surface area contributed by atoms with Gasteiger partial charge < -0.3 is 5.32 Å². The van der Waals surface area contributed by atoms with Crippen molar-refractivity contribution in [3.8, 4) is 0 Å². The minimum Gasteiger partial charge on any atom is -0.368 e. The largest absolute Gasteiger partial charge is 0.368 e. The normalized spacial score (nSPS) is 12.5. The predicted octanol–water partition coefficient (Wildman–Crippen LogP) is 3.74. The molecule has 23 heavy (non-hydrogen) atoms. The van der Waals surface area contributed by atoms with Crippen LogP contribution in [0.5, 0.6) is 0 Å². The van der Waals surface area contributed by atoms with Crippen LogP contribution >= 0.6 is 0 Å². The van der Waals surface area contributed by atoms with Gasteiger partial charge in [-0.05, 0) is 18.1 Å². The molecule has 1 unspecified atom stereocenters. The fourth-order valence-electron chi connectivity index (χ4n) is 2.81. The maximum Gasteiger partial charge on any atom is 0.137 e. The maximum absolute atomic E-state index is 4.41. The number of hydrogen-bond donors (Lipinski definition) is 1. The van der Waals surface area contributed by atoms with Crippen molar-refractivity contribution in [2.75, 3.05) is 25.0 Å². The number of fused-ring (bicyclic) bond motifs is 1. The highest BCUT2D eigenvalue weighted by molar-refractivity contribution is 5.88. The van der Waals surface area contributed by atoms with Crippen LogP contribution in [-0.4, -0.2) is 40.5 Å². The number of para-hydroxylation sites is 1. The number of anilines is 1. The van der Waals surface area contributed by atoms with Crippen LogP contribution in [0.2, 0.25) is 0 Å². The van der Waals surface area contributed by atoms with E-state index in [0.717, 1.165) is 36.4 Å². The van der Waals surface area contributed by atoms with E-state index in [4.69, 9.17) is 0 Å². The molecular weight excluding hydrogens is 284 g/mol. The minimum absolute atomic E-state index is 0.375. The molecule has 0 aliphatic heterocycles. The summed E-state index contributed by atoms with van der Waals surface area (Å²) < 4.78 is 0. The number of hydrogen-bond acceptors (Lipinski definition) is 4. The molecule has 0 saturated heterocycles. The first kappa shape index (κ1) is 17.2. The van der Waals surface area contributed by atoms with Gasteiger partial charge in [-0.15, -0.1) is 13.2 Å². The zero-order chi connectivity index (χ0) is 16.7. The van der Waals surface area contributed by atoms with E-state index >= 15 is 0 Å².